The molecule has 2 N–H and O–H groups in total. The number of hydrogen-bond acceptors (Lipinski definition) is 4. The molecule has 7 heteroatoms. The maximum atomic E-state index is 13.1. The first-order valence-electron chi connectivity index (χ1n) is 9.56. The molecule has 0 unspecified atom stereocenters. The second-order valence-corrected chi connectivity index (χ2v) is 7.49. The van der Waals surface area contributed by atoms with Crippen molar-refractivity contribution in [1.82, 2.24) is 9.78 Å². The van der Waals surface area contributed by atoms with Crippen molar-refractivity contribution < 1.29 is 40.3 Å². The molecule has 0 saturated heterocycles. The molecule has 0 fully saturated rings. The number of carbonyl (C=O) groups is 1. The van der Waals surface area contributed by atoms with Crippen LogP contribution in [0.5, 0.6) is 0 Å². The van der Waals surface area contributed by atoms with Gasteiger partial charge in [-0.05, 0) is 42.5 Å². The molecule has 0 amide bonds. The van der Waals surface area contributed by atoms with E-state index < -0.39 is 11.5 Å². The van der Waals surface area contributed by atoms with E-state index in [0.29, 0.717) is 5.92 Å². The van der Waals surface area contributed by atoms with Crippen LogP contribution in [0.2, 0.25) is 0 Å². The van der Waals surface area contributed by atoms with Crippen molar-refractivity contribution in [2.45, 2.75) is 39.3 Å². The fourth-order valence-electron chi connectivity index (χ4n) is 3.29. The SMILES string of the molecule is CC1=C([O-])[C@]([O-])(n2cccn2)c2ccccc2C1=O.Cc1ccc(C(C)C)cc1.O.[Os+2]. The number of rotatable bonds is 2. The Morgan fingerprint density at radius 1 is 1.00 bits per heavy atom. The minimum Gasteiger partial charge on any atom is -0.874 e. The van der Waals surface area contributed by atoms with Crippen molar-refractivity contribution >= 4 is 5.78 Å². The number of carbonyl (C=O) groups excluding carboxylic acids is 1. The van der Waals surface area contributed by atoms with Crippen LogP contribution in [0.15, 0.2) is 78.3 Å². The summed E-state index contributed by atoms with van der Waals surface area (Å²) in [6.45, 7) is 7.93. The molecular weight excluding hydrogens is 571 g/mol. The van der Waals surface area contributed by atoms with Crippen molar-refractivity contribution in [3.63, 3.8) is 0 Å². The van der Waals surface area contributed by atoms with E-state index >= 15 is 0 Å². The Bertz CT molecular complexity index is 1040. The van der Waals surface area contributed by atoms with E-state index in [9.17, 15) is 15.0 Å². The molecule has 1 heterocycles. The van der Waals surface area contributed by atoms with Crippen LogP contribution in [0.4, 0.5) is 0 Å². The minimum absolute atomic E-state index is 0. The summed E-state index contributed by atoms with van der Waals surface area (Å²) in [6, 6.07) is 16.7. The quantitative estimate of drug-likeness (QED) is 0.451. The van der Waals surface area contributed by atoms with E-state index in [1.54, 1.807) is 24.3 Å². The van der Waals surface area contributed by atoms with Gasteiger partial charge in [0.25, 0.3) is 0 Å². The zero-order valence-corrected chi connectivity index (χ0v) is 20.4. The fraction of sp³-hybridized carbons (Fsp3) is 0.250. The van der Waals surface area contributed by atoms with E-state index in [4.69, 9.17) is 0 Å². The molecule has 1 aliphatic rings. The molecule has 2 aromatic carbocycles. The van der Waals surface area contributed by atoms with Crippen molar-refractivity contribution in [3.8, 4) is 0 Å². The van der Waals surface area contributed by atoms with Crippen LogP contribution in [-0.4, -0.2) is 21.0 Å². The van der Waals surface area contributed by atoms with Gasteiger partial charge in [0, 0.05) is 23.7 Å². The summed E-state index contributed by atoms with van der Waals surface area (Å²) in [7, 11) is 0. The van der Waals surface area contributed by atoms with Crippen LogP contribution < -0.4 is 10.2 Å². The third-order valence-corrected chi connectivity index (χ3v) is 5.10. The number of aryl methyl sites for hydroxylation is 1. The Hall–Kier alpha value is -2.58. The molecular formula is C24H26N2O4Os. The van der Waals surface area contributed by atoms with Gasteiger partial charge < -0.3 is 15.7 Å². The van der Waals surface area contributed by atoms with Crippen LogP contribution in [0.3, 0.4) is 0 Å². The first kappa shape index (κ1) is 26.5. The molecule has 3 aromatic rings. The van der Waals surface area contributed by atoms with Gasteiger partial charge in [-0.25, -0.2) is 0 Å². The minimum atomic E-state index is -2.20. The summed E-state index contributed by atoms with van der Waals surface area (Å²) >= 11 is 0. The number of nitrogens with zero attached hydrogens (tertiary/aromatic N) is 2. The van der Waals surface area contributed by atoms with Gasteiger partial charge in [-0.1, -0.05) is 67.9 Å². The Labute approximate surface area is 195 Å². The first-order chi connectivity index (χ1) is 13.8. The van der Waals surface area contributed by atoms with Gasteiger partial charge >= 0.3 is 19.8 Å². The van der Waals surface area contributed by atoms with Gasteiger partial charge in [0.15, 0.2) is 5.78 Å². The van der Waals surface area contributed by atoms with Crippen LogP contribution in [-0.2, 0) is 25.5 Å². The van der Waals surface area contributed by atoms with E-state index in [-0.39, 0.29) is 47.7 Å². The van der Waals surface area contributed by atoms with E-state index in [1.165, 1.54) is 36.5 Å². The van der Waals surface area contributed by atoms with Crippen molar-refractivity contribution in [3.05, 3.63) is 101 Å². The molecule has 0 radical (unpaired) electrons. The standard InChI is InChI=1S/C14H11N2O3.C10H14.H2O.Os/c1-9-12(17)10-5-2-3-6-11(10)14(19,13(9)18)16-8-4-7-15-16;1-8(2)10-6-4-9(3)5-7-10;;/h2-8,18H,1H3;4-8H,1-3H3;1H2;/q-1;;;+2/p-1/t14-;;;/m0.../s1. The number of hydrogen-bond donors (Lipinski definition) is 0. The number of benzene rings is 2. The normalized spacial score (nSPS) is 17.2. The van der Waals surface area contributed by atoms with Crippen LogP contribution in [0, 0.1) is 6.92 Å². The molecule has 1 aliphatic carbocycles. The number of fused-ring (bicyclic) bond motifs is 1. The summed E-state index contributed by atoms with van der Waals surface area (Å²) in [5.41, 5.74) is 0.932. The van der Waals surface area contributed by atoms with E-state index in [0.717, 1.165) is 4.68 Å². The number of aromatic nitrogens is 2. The average Bonchev–Trinajstić information content (AvgIpc) is 3.27. The van der Waals surface area contributed by atoms with Crippen molar-refractivity contribution in [2.75, 3.05) is 0 Å². The predicted octanol–water partition coefficient (Wildman–Crippen LogP) is 2.07. The zero-order chi connectivity index (χ0) is 21.2. The Balaban J connectivity index is 0.000000345. The summed E-state index contributed by atoms with van der Waals surface area (Å²) in [5.74, 6) is -0.486. The molecule has 0 saturated carbocycles. The first-order valence-corrected chi connectivity index (χ1v) is 9.56. The maximum absolute atomic E-state index is 13.1. The number of allylic oxidation sites excluding steroid dienone is 1. The summed E-state index contributed by atoms with van der Waals surface area (Å²) in [4.78, 5) is 12.1. The predicted molar refractivity (Wildman–Crippen MR) is 112 cm³/mol. The molecule has 0 bridgehead atoms. The monoisotopic (exact) mass is 598 g/mol. The molecule has 31 heavy (non-hydrogen) atoms. The third-order valence-electron chi connectivity index (χ3n) is 5.10. The van der Waals surface area contributed by atoms with Crippen LogP contribution in [0.1, 0.15) is 53.7 Å². The molecule has 164 valence electrons. The fourth-order valence-corrected chi connectivity index (χ4v) is 3.29. The van der Waals surface area contributed by atoms with Gasteiger partial charge in [-0.15, -0.1) is 5.76 Å². The molecule has 0 spiro atoms. The van der Waals surface area contributed by atoms with Gasteiger partial charge in [-0.2, -0.15) is 5.10 Å². The van der Waals surface area contributed by atoms with Crippen LogP contribution >= 0.6 is 0 Å². The van der Waals surface area contributed by atoms with Crippen LogP contribution in [0.25, 0.3) is 0 Å². The summed E-state index contributed by atoms with van der Waals surface area (Å²) in [5, 5.41) is 29.2. The molecule has 0 aliphatic heterocycles. The molecule has 6 nitrogen and oxygen atoms in total. The topological polar surface area (TPSA) is 113 Å². The van der Waals surface area contributed by atoms with Crippen molar-refractivity contribution in [2.24, 2.45) is 0 Å². The average molecular weight is 597 g/mol. The van der Waals surface area contributed by atoms with Gasteiger partial charge in [0.1, 0.15) is 0 Å². The molecule has 1 aromatic heterocycles. The third kappa shape index (κ3) is 5.02. The Morgan fingerprint density at radius 3 is 2.16 bits per heavy atom. The van der Waals surface area contributed by atoms with E-state index in [1.807, 2.05) is 0 Å². The smallest absolute Gasteiger partial charge is 0.874 e. The Morgan fingerprint density at radius 2 is 1.61 bits per heavy atom. The largest absolute Gasteiger partial charge is 2.00 e. The second-order valence-electron chi connectivity index (χ2n) is 7.49. The number of Topliss-reactive ketones (excluding diaryl/α,β-unsaturated/α-hetero) is 1. The summed E-state index contributed by atoms with van der Waals surface area (Å²) in [6.07, 6.45) is 2.87. The van der Waals surface area contributed by atoms with E-state index in [2.05, 4.69) is 50.1 Å². The van der Waals surface area contributed by atoms with Gasteiger partial charge in [0.2, 0.25) is 0 Å². The molecule has 4 rings (SSSR count). The zero-order valence-electron chi connectivity index (χ0n) is 17.9. The Kier molecular flexibility index (Phi) is 9.07. The number of ketones is 1. The van der Waals surface area contributed by atoms with Gasteiger partial charge in [0.05, 0.1) is 0 Å². The second kappa shape index (κ2) is 10.6. The maximum Gasteiger partial charge on any atom is 2.00 e. The summed E-state index contributed by atoms with van der Waals surface area (Å²) < 4.78 is 1.06. The molecule has 1 atom stereocenters. The van der Waals surface area contributed by atoms with Gasteiger partial charge in [-0.3, -0.25) is 9.48 Å². The van der Waals surface area contributed by atoms with Crippen molar-refractivity contribution in [1.29, 1.82) is 0 Å².